The lowest BCUT2D eigenvalue weighted by Crippen LogP contribution is -2.16. The van der Waals surface area contributed by atoms with Gasteiger partial charge in [0.05, 0.1) is 18.0 Å². The van der Waals surface area contributed by atoms with E-state index in [9.17, 15) is 9.59 Å². The number of thiazole rings is 1. The van der Waals surface area contributed by atoms with Crippen LogP contribution in [0.5, 0.6) is 0 Å². The Morgan fingerprint density at radius 3 is 2.68 bits per heavy atom. The molecular formula is C20H22ClNO2S. The van der Waals surface area contributed by atoms with Crippen LogP contribution < -0.4 is 0 Å². The number of carbonyl (C=O) groups is 2. The SMILES string of the molecule is Cc1ccc(CC(=O)Cc2nc(CCl)cs2)c(C(=O)C2CCCC2)c1. The van der Waals surface area contributed by atoms with E-state index in [1.165, 1.54) is 11.3 Å². The molecule has 5 heteroatoms. The topological polar surface area (TPSA) is 47.0 Å². The Labute approximate surface area is 157 Å². The number of benzene rings is 1. The molecule has 0 spiro atoms. The molecule has 1 heterocycles. The molecule has 0 unspecified atom stereocenters. The second-order valence-corrected chi connectivity index (χ2v) is 7.97. The van der Waals surface area contributed by atoms with Gasteiger partial charge >= 0.3 is 0 Å². The summed E-state index contributed by atoms with van der Waals surface area (Å²) in [5.74, 6) is 0.784. The predicted octanol–water partition coefficient (Wildman–Crippen LogP) is 4.92. The Hall–Kier alpha value is -1.52. The van der Waals surface area contributed by atoms with Gasteiger partial charge < -0.3 is 0 Å². The molecule has 1 aliphatic rings. The van der Waals surface area contributed by atoms with Crippen LogP contribution in [-0.4, -0.2) is 16.6 Å². The van der Waals surface area contributed by atoms with E-state index in [-0.39, 0.29) is 23.9 Å². The number of halogens is 1. The Bertz CT molecular complexity index is 778. The van der Waals surface area contributed by atoms with Crippen molar-refractivity contribution in [2.24, 2.45) is 5.92 Å². The Kier molecular flexibility index (Phi) is 6.02. The van der Waals surface area contributed by atoms with Crippen LogP contribution >= 0.6 is 22.9 Å². The minimum Gasteiger partial charge on any atom is -0.299 e. The monoisotopic (exact) mass is 375 g/mol. The Morgan fingerprint density at radius 1 is 1.24 bits per heavy atom. The molecule has 0 saturated heterocycles. The first-order valence-corrected chi connectivity index (χ1v) is 10.1. The summed E-state index contributed by atoms with van der Waals surface area (Å²) in [5.41, 5.74) is 3.45. The maximum Gasteiger partial charge on any atom is 0.166 e. The molecular weight excluding hydrogens is 354 g/mol. The fourth-order valence-electron chi connectivity index (χ4n) is 3.42. The Balaban J connectivity index is 1.74. The first-order valence-electron chi connectivity index (χ1n) is 8.71. The molecule has 0 radical (unpaired) electrons. The van der Waals surface area contributed by atoms with Gasteiger partial charge in [0.1, 0.15) is 10.8 Å². The fourth-order valence-corrected chi connectivity index (χ4v) is 4.47. The molecule has 0 bridgehead atoms. The first kappa shape index (κ1) is 18.3. The van der Waals surface area contributed by atoms with Crippen molar-refractivity contribution in [3.8, 4) is 0 Å². The number of nitrogens with zero attached hydrogens (tertiary/aromatic N) is 1. The van der Waals surface area contributed by atoms with Crippen molar-refractivity contribution in [1.29, 1.82) is 0 Å². The van der Waals surface area contributed by atoms with Gasteiger partial charge in [-0.2, -0.15) is 0 Å². The van der Waals surface area contributed by atoms with Gasteiger partial charge in [-0.25, -0.2) is 4.98 Å². The van der Waals surface area contributed by atoms with Crippen LogP contribution in [0.3, 0.4) is 0 Å². The highest BCUT2D eigenvalue weighted by atomic mass is 35.5. The highest BCUT2D eigenvalue weighted by Crippen LogP contribution is 2.29. The van der Waals surface area contributed by atoms with E-state index in [0.29, 0.717) is 12.3 Å². The molecule has 25 heavy (non-hydrogen) atoms. The van der Waals surface area contributed by atoms with Gasteiger partial charge in [0.25, 0.3) is 0 Å². The predicted molar refractivity (Wildman–Crippen MR) is 102 cm³/mol. The highest BCUT2D eigenvalue weighted by molar-refractivity contribution is 7.09. The third-order valence-corrected chi connectivity index (χ3v) is 5.90. The number of Topliss-reactive ketones (excluding diaryl/α,β-unsaturated/α-hetero) is 2. The summed E-state index contributed by atoms with van der Waals surface area (Å²) in [4.78, 5) is 29.7. The minimum absolute atomic E-state index is 0.0831. The molecule has 1 fully saturated rings. The smallest absolute Gasteiger partial charge is 0.166 e. The number of carbonyl (C=O) groups excluding carboxylic acids is 2. The van der Waals surface area contributed by atoms with Crippen molar-refractivity contribution in [2.75, 3.05) is 0 Å². The zero-order valence-corrected chi connectivity index (χ0v) is 16.0. The number of ketones is 2. The van der Waals surface area contributed by atoms with Crippen LogP contribution in [0.15, 0.2) is 23.6 Å². The average Bonchev–Trinajstić information content (AvgIpc) is 3.27. The molecule has 0 aliphatic heterocycles. The van der Waals surface area contributed by atoms with E-state index in [0.717, 1.165) is 53.1 Å². The van der Waals surface area contributed by atoms with E-state index in [2.05, 4.69) is 4.98 Å². The van der Waals surface area contributed by atoms with Crippen LogP contribution in [-0.2, 0) is 23.5 Å². The number of hydrogen-bond donors (Lipinski definition) is 0. The molecule has 132 valence electrons. The summed E-state index contributed by atoms with van der Waals surface area (Å²) >= 11 is 7.22. The van der Waals surface area contributed by atoms with Crippen LogP contribution in [0.1, 0.15) is 57.9 Å². The summed E-state index contributed by atoms with van der Waals surface area (Å²) in [7, 11) is 0. The number of rotatable bonds is 7. The lowest BCUT2D eigenvalue weighted by atomic mass is 9.90. The van der Waals surface area contributed by atoms with Crippen molar-refractivity contribution in [3.63, 3.8) is 0 Å². The van der Waals surface area contributed by atoms with Crippen molar-refractivity contribution in [2.45, 2.75) is 51.3 Å². The lowest BCUT2D eigenvalue weighted by molar-refractivity contribution is -0.117. The van der Waals surface area contributed by atoms with Gasteiger partial charge in [0.2, 0.25) is 0 Å². The highest BCUT2D eigenvalue weighted by Gasteiger charge is 2.26. The van der Waals surface area contributed by atoms with Crippen LogP contribution in [0.4, 0.5) is 0 Å². The van der Waals surface area contributed by atoms with Gasteiger partial charge in [0.15, 0.2) is 5.78 Å². The van der Waals surface area contributed by atoms with Crippen molar-refractivity contribution >= 4 is 34.5 Å². The number of aryl methyl sites for hydroxylation is 1. The molecule has 3 nitrogen and oxygen atoms in total. The largest absolute Gasteiger partial charge is 0.299 e. The lowest BCUT2D eigenvalue weighted by Gasteiger charge is -2.13. The fraction of sp³-hybridized carbons (Fsp3) is 0.450. The second kappa shape index (κ2) is 8.24. The quantitative estimate of drug-likeness (QED) is 0.509. The molecule has 1 aliphatic carbocycles. The molecule has 2 aromatic rings. The first-order chi connectivity index (χ1) is 12.1. The van der Waals surface area contributed by atoms with Crippen molar-refractivity contribution < 1.29 is 9.59 Å². The van der Waals surface area contributed by atoms with Crippen molar-refractivity contribution in [3.05, 3.63) is 51.0 Å². The summed E-state index contributed by atoms with van der Waals surface area (Å²) in [6.07, 6.45) is 4.78. The minimum atomic E-state index is 0.0831. The summed E-state index contributed by atoms with van der Waals surface area (Å²) < 4.78 is 0. The molecule has 1 aromatic heterocycles. The number of hydrogen-bond acceptors (Lipinski definition) is 4. The van der Waals surface area contributed by atoms with E-state index < -0.39 is 0 Å². The second-order valence-electron chi connectivity index (χ2n) is 6.76. The van der Waals surface area contributed by atoms with Crippen LogP contribution in [0.2, 0.25) is 0 Å². The average molecular weight is 376 g/mol. The molecule has 1 saturated carbocycles. The zero-order chi connectivity index (χ0) is 17.8. The number of aromatic nitrogens is 1. The summed E-state index contributed by atoms with van der Waals surface area (Å²) in [5, 5.41) is 2.67. The number of alkyl halides is 1. The third-order valence-electron chi connectivity index (χ3n) is 4.73. The van der Waals surface area contributed by atoms with Crippen molar-refractivity contribution in [1.82, 2.24) is 4.98 Å². The van der Waals surface area contributed by atoms with E-state index in [4.69, 9.17) is 11.6 Å². The molecule has 1 aromatic carbocycles. The molecule has 3 rings (SSSR count). The summed E-state index contributed by atoms with van der Waals surface area (Å²) in [6, 6.07) is 5.85. The van der Waals surface area contributed by atoms with Crippen LogP contribution in [0, 0.1) is 12.8 Å². The van der Waals surface area contributed by atoms with Gasteiger partial charge in [-0.05, 0) is 31.4 Å². The van der Waals surface area contributed by atoms with E-state index >= 15 is 0 Å². The molecule has 0 atom stereocenters. The third kappa shape index (κ3) is 4.56. The maximum absolute atomic E-state index is 12.9. The normalized spacial score (nSPS) is 14.8. The van der Waals surface area contributed by atoms with E-state index in [1.54, 1.807) is 0 Å². The zero-order valence-electron chi connectivity index (χ0n) is 14.4. The molecule has 0 N–H and O–H groups in total. The van der Waals surface area contributed by atoms with Gasteiger partial charge in [-0.3, -0.25) is 9.59 Å². The Morgan fingerprint density at radius 2 is 2.00 bits per heavy atom. The summed E-state index contributed by atoms with van der Waals surface area (Å²) in [6.45, 7) is 1.99. The molecule has 0 amide bonds. The van der Waals surface area contributed by atoms with E-state index in [1.807, 2.05) is 30.5 Å². The standard InChI is InChI=1S/C20H22ClNO2S/c1-13-6-7-15(18(8-13)20(24)14-4-2-3-5-14)9-17(23)10-19-22-16(11-21)12-25-19/h6-8,12,14H,2-5,9-11H2,1H3. The van der Waals surface area contributed by atoms with Gasteiger partial charge in [0, 0.05) is 23.3 Å². The van der Waals surface area contributed by atoms with Gasteiger partial charge in [-0.1, -0.05) is 30.5 Å². The van der Waals surface area contributed by atoms with Crippen LogP contribution in [0.25, 0.3) is 0 Å². The van der Waals surface area contributed by atoms with Gasteiger partial charge in [-0.15, -0.1) is 22.9 Å². The maximum atomic E-state index is 12.9.